The maximum Gasteiger partial charge on any atom is 0.145 e. The van der Waals surface area contributed by atoms with Crippen LogP contribution in [0, 0.1) is 61.3 Å². The average molecular weight is 671 g/mol. The molecule has 0 aliphatic carbocycles. The van der Waals surface area contributed by atoms with E-state index < -0.39 is 0 Å². The lowest BCUT2D eigenvalue weighted by molar-refractivity contribution is 0.315. The van der Waals surface area contributed by atoms with Crippen LogP contribution in [0.15, 0.2) is 126 Å². The largest absolute Gasteiger partial charge is 0.495 e. The van der Waals surface area contributed by atoms with Gasteiger partial charge in [0.15, 0.2) is 0 Å². The highest BCUT2D eigenvalue weighted by atomic mass is 32.1. The van der Waals surface area contributed by atoms with Gasteiger partial charge in [0, 0.05) is 30.3 Å². The molecule has 5 nitrogen and oxygen atoms in total. The first-order chi connectivity index (χ1) is 24.2. The summed E-state index contributed by atoms with van der Waals surface area (Å²) in [5.74, 6) is 1.78. The fourth-order valence-electron chi connectivity index (χ4n) is 7.06. The fourth-order valence-corrected chi connectivity index (χ4v) is 9.46. The lowest BCUT2D eigenvalue weighted by atomic mass is 10.1. The van der Waals surface area contributed by atoms with E-state index in [0.717, 1.165) is 94.9 Å². The number of methoxy groups -OCH3 is 2. The summed E-state index contributed by atoms with van der Waals surface area (Å²) in [5.41, 5.74) is 1.50. The highest BCUT2D eigenvalue weighted by molar-refractivity contribution is 7.19. The van der Waals surface area contributed by atoms with Gasteiger partial charge < -0.3 is 9.47 Å². The monoisotopic (exact) mass is 670 g/mol. The van der Waals surface area contributed by atoms with E-state index in [1.54, 1.807) is 36.9 Å². The van der Waals surface area contributed by atoms with Crippen molar-refractivity contribution in [2.75, 3.05) is 14.2 Å². The lowest BCUT2D eigenvalue weighted by Gasteiger charge is -2.08. The van der Waals surface area contributed by atoms with Gasteiger partial charge in [-0.05, 0) is 64.2 Å². The van der Waals surface area contributed by atoms with Crippen molar-refractivity contribution < 1.29 is 14.1 Å². The number of ether oxygens (including phenoxy) is 2. The molecule has 0 radical (unpaired) electrons. The first-order valence-electron chi connectivity index (χ1n) is 16.0. The van der Waals surface area contributed by atoms with Gasteiger partial charge in [0.25, 0.3) is 0 Å². The van der Waals surface area contributed by atoms with Gasteiger partial charge >= 0.3 is 0 Å². The highest BCUT2D eigenvalue weighted by Gasteiger charge is 2.19. The summed E-state index contributed by atoms with van der Waals surface area (Å²) in [6.45, 7) is 0. The minimum absolute atomic E-state index is 0.751. The third-order valence-electron chi connectivity index (χ3n) is 9.59. The van der Waals surface area contributed by atoms with E-state index in [1.165, 1.54) is 9.06 Å². The Labute approximate surface area is 285 Å². The zero-order chi connectivity index (χ0) is 32.6. The number of aromatic nitrogens is 2. The molecule has 9 aromatic rings. The molecule has 0 saturated heterocycles. The molecule has 0 fully saturated rings. The normalized spacial score (nSPS) is 11.9. The van der Waals surface area contributed by atoms with E-state index in [1.807, 2.05) is 0 Å². The lowest BCUT2D eigenvalue weighted by Crippen LogP contribution is -1.88. The van der Waals surface area contributed by atoms with Gasteiger partial charge in [0.05, 0.1) is 23.6 Å². The van der Waals surface area contributed by atoms with Gasteiger partial charge in [-0.25, -0.2) is 4.63 Å². The summed E-state index contributed by atoms with van der Waals surface area (Å²) in [6, 6.07) is 43.4. The Morgan fingerprint density at radius 1 is 0.429 bits per heavy atom. The number of nitrogens with zero attached hydrogens (tertiary/aromatic N) is 2. The van der Waals surface area contributed by atoms with Gasteiger partial charge in [-0.15, -0.1) is 22.7 Å². The molecule has 16 bridgehead atoms. The third kappa shape index (κ3) is 4.36. The molecule has 12 aliphatic rings. The van der Waals surface area contributed by atoms with Gasteiger partial charge in [0.2, 0.25) is 0 Å². The second-order valence-corrected chi connectivity index (χ2v) is 14.3. The molecule has 0 N–H and O–H groups in total. The minimum Gasteiger partial charge on any atom is -0.495 e. The maximum atomic E-state index is 6.11. The Balaban J connectivity index is 1.37. The Kier molecular flexibility index (Phi) is 6.28. The quantitative estimate of drug-likeness (QED) is 0.183. The van der Waals surface area contributed by atoms with Crippen molar-refractivity contribution in [2.24, 2.45) is 0 Å². The Morgan fingerprint density at radius 3 is 1.10 bits per heavy atom. The molecule has 0 unspecified atom stereocenters. The van der Waals surface area contributed by atoms with Crippen LogP contribution >= 0.6 is 22.7 Å². The van der Waals surface area contributed by atoms with Gasteiger partial charge in [-0.2, -0.15) is 0 Å². The molecular formula is C42H26N2O3S2. The molecule has 12 aliphatic heterocycles. The van der Waals surface area contributed by atoms with Gasteiger partial charge in [0.1, 0.15) is 22.5 Å². The molecule has 0 amide bonds. The zero-order valence-electron chi connectivity index (χ0n) is 26.5. The summed E-state index contributed by atoms with van der Waals surface area (Å²) < 4.78 is 22.0. The second-order valence-electron chi connectivity index (χ2n) is 12.2. The summed E-state index contributed by atoms with van der Waals surface area (Å²) >= 11 is 3.48. The summed E-state index contributed by atoms with van der Waals surface area (Å²) in [7, 11) is 3.52. The van der Waals surface area contributed by atoms with Crippen molar-refractivity contribution in [3.05, 3.63) is 183 Å². The van der Waals surface area contributed by atoms with Crippen molar-refractivity contribution in [3.8, 4) is 11.5 Å². The molecule has 7 heteroatoms. The van der Waals surface area contributed by atoms with Crippen LogP contribution in [0.5, 0.6) is 11.5 Å². The Bertz CT molecular complexity index is 3070. The molecule has 3 aromatic heterocycles. The number of benzene rings is 6. The summed E-state index contributed by atoms with van der Waals surface area (Å²) in [4.78, 5) is 0. The van der Waals surface area contributed by atoms with E-state index in [9.17, 15) is 0 Å². The van der Waals surface area contributed by atoms with Gasteiger partial charge in [-0.1, -0.05) is 109 Å². The van der Waals surface area contributed by atoms with Crippen LogP contribution in [0.3, 0.4) is 0 Å². The number of rotatable bonds is 2. The molecule has 0 atom stereocenters. The molecule has 21 rings (SSSR count). The third-order valence-corrected chi connectivity index (χ3v) is 12.0. The molecular weight excluding hydrogens is 645 g/mol. The van der Waals surface area contributed by atoms with E-state index in [-0.39, 0.29) is 0 Å². The van der Waals surface area contributed by atoms with Crippen molar-refractivity contribution >= 4 is 53.9 Å². The average Bonchev–Trinajstić information content (AvgIpc) is 3.93. The standard InChI is InChI=1S/C42H26N2O3S2/c1-45-39-33-21-35-29-15-7-25(8-16-29)23-3-11-27(12-4-23)31-19-20-32(38-37(31)43-47-44-38)28-13-5-24(6-14-28)26-9-17-30(18-10-26)36-22-34(41(39)48-36)40(46-2)42(33)49-35/h3-22H,1-2H3. The number of hydrogen-bond donors (Lipinski definition) is 0. The van der Waals surface area contributed by atoms with E-state index in [0.29, 0.717) is 0 Å². The minimum atomic E-state index is 0.751. The van der Waals surface area contributed by atoms with Crippen LogP contribution in [0.2, 0.25) is 0 Å². The maximum absolute atomic E-state index is 6.11. The first kappa shape index (κ1) is 28.3. The van der Waals surface area contributed by atoms with Crippen LogP contribution < -0.4 is 9.47 Å². The van der Waals surface area contributed by atoms with Crippen molar-refractivity contribution in [2.45, 2.75) is 0 Å². The summed E-state index contributed by atoms with van der Waals surface area (Å²) in [6.07, 6.45) is 0. The molecule has 15 heterocycles. The van der Waals surface area contributed by atoms with Crippen LogP contribution in [-0.2, 0) is 0 Å². The van der Waals surface area contributed by atoms with E-state index in [4.69, 9.17) is 14.1 Å². The number of hydrogen-bond acceptors (Lipinski definition) is 7. The van der Waals surface area contributed by atoms with Crippen LogP contribution in [-0.4, -0.2) is 24.5 Å². The van der Waals surface area contributed by atoms with Crippen molar-refractivity contribution in [3.63, 3.8) is 0 Å². The van der Waals surface area contributed by atoms with Crippen molar-refractivity contribution in [1.29, 1.82) is 0 Å². The molecule has 234 valence electrons. The number of thiophene rings is 2. The van der Waals surface area contributed by atoms with Crippen LogP contribution in [0.1, 0.15) is 0 Å². The smallest absolute Gasteiger partial charge is 0.145 e. The molecule has 0 saturated carbocycles. The van der Waals surface area contributed by atoms with Gasteiger partial charge in [-0.3, -0.25) is 0 Å². The Hall–Kier alpha value is -5.76. The van der Waals surface area contributed by atoms with Crippen molar-refractivity contribution in [1.82, 2.24) is 10.3 Å². The first-order valence-corrected chi connectivity index (χ1v) is 17.6. The van der Waals surface area contributed by atoms with E-state index >= 15 is 0 Å². The van der Waals surface area contributed by atoms with Crippen LogP contribution in [0.4, 0.5) is 0 Å². The predicted molar refractivity (Wildman–Crippen MR) is 194 cm³/mol. The van der Waals surface area contributed by atoms with Crippen LogP contribution in [0.25, 0.3) is 31.2 Å². The molecule has 6 aromatic carbocycles. The molecule has 49 heavy (non-hydrogen) atoms. The van der Waals surface area contributed by atoms with E-state index in [2.05, 4.69) is 132 Å². The predicted octanol–water partition coefficient (Wildman–Crippen LogP) is 9.70. The fraction of sp³-hybridized carbons (Fsp3) is 0.0476. The molecule has 0 spiro atoms. The Morgan fingerprint density at radius 2 is 0.755 bits per heavy atom. The highest BCUT2D eigenvalue weighted by Crippen LogP contribution is 2.48. The topological polar surface area (TPSA) is 57.4 Å². The summed E-state index contributed by atoms with van der Waals surface area (Å²) in [5, 5.41) is 21.8. The second kappa shape index (κ2) is 10.9. The SMILES string of the molecule is COc1c2cc3sc2c(OC)c2cc(sc12)=c1ccc(cc1)=c1ccc(cc1)=c1ccc(c2nonc12)=c1ccc(cc1)=c1ccc=3cc1. The zero-order valence-corrected chi connectivity index (χ0v) is 28.1.